The Morgan fingerprint density at radius 3 is 2.78 bits per heavy atom. The molecular formula is C22H34NO4+. The Hall–Kier alpha value is -1.62. The second kappa shape index (κ2) is 9.05. The first-order valence-corrected chi connectivity index (χ1v) is 10.7. The van der Waals surface area contributed by atoms with Gasteiger partial charge in [-0.1, -0.05) is 19.8 Å². The van der Waals surface area contributed by atoms with Crippen LogP contribution < -0.4 is 5.63 Å². The first kappa shape index (κ1) is 20.1. The van der Waals surface area contributed by atoms with Crippen molar-refractivity contribution in [2.45, 2.75) is 70.8 Å². The van der Waals surface area contributed by atoms with E-state index >= 15 is 0 Å². The van der Waals surface area contributed by atoms with Gasteiger partial charge in [-0.3, -0.25) is 0 Å². The van der Waals surface area contributed by atoms with E-state index in [0.717, 1.165) is 36.6 Å². The van der Waals surface area contributed by atoms with Gasteiger partial charge in [0.2, 0.25) is 0 Å². The summed E-state index contributed by atoms with van der Waals surface area (Å²) in [6.07, 6.45) is 10.0. The Bertz CT molecular complexity index is 694. The molecule has 0 bridgehead atoms. The maximum atomic E-state index is 12.4. The molecule has 27 heavy (non-hydrogen) atoms. The summed E-state index contributed by atoms with van der Waals surface area (Å²) in [7, 11) is 2.35. The Balaban J connectivity index is 1.58. The van der Waals surface area contributed by atoms with Crippen LogP contribution in [-0.2, 0) is 11.2 Å². The number of rotatable bonds is 7. The van der Waals surface area contributed by atoms with Crippen molar-refractivity contribution in [3.05, 3.63) is 33.9 Å². The minimum atomic E-state index is -0.573. The summed E-state index contributed by atoms with van der Waals surface area (Å²) in [6.45, 7) is 5.02. The molecule has 0 aliphatic carbocycles. The van der Waals surface area contributed by atoms with Crippen molar-refractivity contribution >= 4 is 5.97 Å². The van der Waals surface area contributed by atoms with Crippen molar-refractivity contribution in [1.82, 2.24) is 0 Å². The average molecular weight is 377 g/mol. The van der Waals surface area contributed by atoms with Gasteiger partial charge in [0.15, 0.2) is 0 Å². The standard InChI is InChI=1S/C22H34NO4/c1-3-4-5-10-18-12-13-19(22(25)27-18)21(24)26-16-17-9-8-15-23(2)14-7-6-11-20(17)23/h12-13,17,20H,3-11,14-16H2,1-2H3/q+1/t17-,20-,23?/m0/s1. The molecule has 2 aliphatic rings. The van der Waals surface area contributed by atoms with Crippen molar-refractivity contribution in [2.24, 2.45) is 5.92 Å². The summed E-state index contributed by atoms with van der Waals surface area (Å²) in [4.78, 5) is 24.6. The fraction of sp³-hybridized carbons (Fsp3) is 0.727. The van der Waals surface area contributed by atoms with Crippen LogP contribution in [0.25, 0.3) is 0 Å². The number of aryl methyl sites for hydroxylation is 1. The van der Waals surface area contributed by atoms with E-state index in [1.54, 1.807) is 12.1 Å². The zero-order chi connectivity index (χ0) is 19.3. The average Bonchev–Trinajstić information content (AvgIpc) is 2.66. The van der Waals surface area contributed by atoms with Gasteiger partial charge >= 0.3 is 11.6 Å². The summed E-state index contributed by atoms with van der Waals surface area (Å²) in [5, 5.41) is 0. The molecule has 0 spiro atoms. The summed E-state index contributed by atoms with van der Waals surface area (Å²) >= 11 is 0. The summed E-state index contributed by atoms with van der Waals surface area (Å²) < 4.78 is 12.0. The summed E-state index contributed by atoms with van der Waals surface area (Å²) in [6, 6.07) is 3.89. The molecule has 0 amide bonds. The third-order valence-electron chi connectivity index (χ3n) is 6.56. The predicted molar refractivity (Wildman–Crippen MR) is 105 cm³/mol. The molecule has 1 unspecified atom stereocenters. The predicted octanol–water partition coefficient (Wildman–Crippen LogP) is 3.94. The smallest absolute Gasteiger partial charge is 0.350 e. The largest absolute Gasteiger partial charge is 0.461 e. The number of hydrogen-bond donors (Lipinski definition) is 0. The molecule has 0 radical (unpaired) electrons. The molecule has 1 aromatic heterocycles. The fourth-order valence-corrected chi connectivity index (χ4v) is 4.98. The summed E-state index contributed by atoms with van der Waals surface area (Å²) in [5.74, 6) is 0.500. The number of fused-ring (bicyclic) bond motifs is 1. The van der Waals surface area contributed by atoms with Gasteiger partial charge in [0.25, 0.3) is 0 Å². The van der Waals surface area contributed by atoms with Crippen LogP contribution in [0.1, 0.15) is 74.4 Å². The van der Waals surface area contributed by atoms with Crippen molar-refractivity contribution in [2.75, 3.05) is 26.7 Å². The molecule has 0 aromatic carbocycles. The Morgan fingerprint density at radius 2 is 2.00 bits per heavy atom. The lowest BCUT2D eigenvalue weighted by Crippen LogP contribution is -2.61. The van der Waals surface area contributed by atoms with Gasteiger partial charge in [-0.2, -0.15) is 0 Å². The monoisotopic (exact) mass is 376 g/mol. The molecule has 2 aliphatic heterocycles. The van der Waals surface area contributed by atoms with Crippen molar-refractivity contribution in [3.63, 3.8) is 0 Å². The Morgan fingerprint density at radius 1 is 1.19 bits per heavy atom. The second-order valence-electron chi connectivity index (χ2n) is 8.55. The van der Waals surface area contributed by atoms with Gasteiger partial charge in [0.05, 0.1) is 26.2 Å². The number of hydrogen-bond acceptors (Lipinski definition) is 4. The molecule has 150 valence electrons. The first-order chi connectivity index (χ1) is 13.0. The van der Waals surface area contributed by atoms with Gasteiger partial charge < -0.3 is 13.6 Å². The van der Waals surface area contributed by atoms with Gasteiger partial charge in [-0.15, -0.1) is 0 Å². The van der Waals surface area contributed by atoms with Crippen LogP contribution >= 0.6 is 0 Å². The lowest BCUT2D eigenvalue weighted by molar-refractivity contribution is -0.947. The van der Waals surface area contributed by atoms with E-state index in [0.29, 0.717) is 24.3 Å². The van der Waals surface area contributed by atoms with E-state index < -0.39 is 11.6 Å². The highest BCUT2D eigenvalue weighted by atomic mass is 16.5. The lowest BCUT2D eigenvalue weighted by atomic mass is 9.82. The highest BCUT2D eigenvalue weighted by Gasteiger charge is 2.43. The minimum Gasteiger partial charge on any atom is -0.461 e. The van der Waals surface area contributed by atoms with Crippen LogP contribution in [-0.4, -0.2) is 43.2 Å². The quantitative estimate of drug-likeness (QED) is 0.411. The molecule has 0 saturated carbocycles. The maximum Gasteiger partial charge on any atom is 0.350 e. The Labute approximate surface area is 162 Å². The molecule has 0 N–H and O–H groups in total. The van der Waals surface area contributed by atoms with E-state index in [2.05, 4.69) is 14.0 Å². The van der Waals surface area contributed by atoms with Crippen molar-refractivity contribution in [3.8, 4) is 0 Å². The van der Waals surface area contributed by atoms with E-state index in [1.807, 2.05) is 0 Å². The summed E-state index contributed by atoms with van der Waals surface area (Å²) in [5.41, 5.74) is -0.554. The molecule has 1 aromatic rings. The van der Waals surface area contributed by atoms with Crippen LogP contribution in [0.15, 0.2) is 21.3 Å². The van der Waals surface area contributed by atoms with Gasteiger partial charge in [-0.25, -0.2) is 9.59 Å². The topological polar surface area (TPSA) is 56.5 Å². The third-order valence-corrected chi connectivity index (χ3v) is 6.56. The number of unbranched alkanes of at least 4 members (excludes halogenated alkanes) is 2. The van der Waals surface area contributed by atoms with E-state index in [4.69, 9.17) is 9.15 Å². The van der Waals surface area contributed by atoms with E-state index in [1.165, 1.54) is 38.8 Å². The van der Waals surface area contributed by atoms with Crippen LogP contribution in [0.5, 0.6) is 0 Å². The van der Waals surface area contributed by atoms with Crippen LogP contribution in [0, 0.1) is 5.92 Å². The number of ether oxygens (including phenoxy) is 1. The zero-order valence-corrected chi connectivity index (χ0v) is 16.9. The number of esters is 1. The molecule has 2 fully saturated rings. The zero-order valence-electron chi connectivity index (χ0n) is 16.9. The third kappa shape index (κ3) is 4.81. The second-order valence-corrected chi connectivity index (χ2v) is 8.55. The first-order valence-electron chi connectivity index (χ1n) is 10.7. The number of carbonyl (C=O) groups is 1. The van der Waals surface area contributed by atoms with Gasteiger partial charge in [0.1, 0.15) is 17.9 Å². The lowest BCUT2D eigenvalue weighted by Gasteiger charge is -2.51. The highest BCUT2D eigenvalue weighted by molar-refractivity contribution is 5.88. The van der Waals surface area contributed by atoms with E-state index in [-0.39, 0.29) is 5.56 Å². The Kier molecular flexibility index (Phi) is 6.74. The minimum absolute atomic E-state index is 0.0194. The van der Waals surface area contributed by atoms with Crippen LogP contribution in [0.3, 0.4) is 0 Å². The molecule has 3 atom stereocenters. The van der Waals surface area contributed by atoms with E-state index in [9.17, 15) is 9.59 Å². The van der Waals surface area contributed by atoms with Crippen LogP contribution in [0.4, 0.5) is 0 Å². The molecule has 5 heteroatoms. The maximum absolute atomic E-state index is 12.4. The molecule has 5 nitrogen and oxygen atoms in total. The SMILES string of the molecule is CCCCCc1ccc(C(=O)OC[C@@H]2CCC[N+]3(C)CCCC[C@@H]23)c(=O)o1. The normalized spacial score (nSPS) is 27.8. The van der Waals surface area contributed by atoms with Crippen LogP contribution in [0.2, 0.25) is 0 Å². The number of carbonyl (C=O) groups excluding carboxylic acids is 1. The molecule has 3 rings (SSSR count). The van der Waals surface area contributed by atoms with Gasteiger partial charge in [0, 0.05) is 18.8 Å². The number of nitrogens with zero attached hydrogens (tertiary/aromatic N) is 1. The van der Waals surface area contributed by atoms with Crippen molar-refractivity contribution < 1.29 is 18.4 Å². The fourth-order valence-electron chi connectivity index (χ4n) is 4.98. The number of quaternary nitrogens is 1. The van der Waals surface area contributed by atoms with Gasteiger partial charge in [-0.05, 0) is 44.2 Å². The number of piperidine rings is 2. The molecule has 2 saturated heterocycles. The molecular weight excluding hydrogens is 342 g/mol. The molecule has 3 heterocycles. The van der Waals surface area contributed by atoms with Crippen molar-refractivity contribution in [1.29, 1.82) is 0 Å². The highest BCUT2D eigenvalue weighted by Crippen LogP contribution is 2.36.